The summed E-state index contributed by atoms with van der Waals surface area (Å²) >= 11 is 0. The summed E-state index contributed by atoms with van der Waals surface area (Å²) in [4.78, 5) is 28.6. The second kappa shape index (κ2) is 13.4. The van der Waals surface area contributed by atoms with E-state index in [4.69, 9.17) is 9.47 Å². The van der Waals surface area contributed by atoms with Crippen LogP contribution in [0.5, 0.6) is 0 Å². The number of carbonyl (C=O) groups is 2. The number of hydrogen-bond donors (Lipinski definition) is 0. The molecule has 4 fully saturated rings. The average molecular weight is 672 g/mol. The van der Waals surface area contributed by atoms with E-state index in [1.54, 1.807) is 0 Å². The van der Waals surface area contributed by atoms with E-state index in [1.807, 2.05) is 36.4 Å². The van der Waals surface area contributed by atoms with Crippen LogP contribution >= 0.6 is 0 Å². The van der Waals surface area contributed by atoms with Crippen LogP contribution in [-0.4, -0.2) is 84.5 Å². The molecule has 4 saturated heterocycles. The van der Waals surface area contributed by atoms with Crippen molar-refractivity contribution in [3.8, 4) is 0 Å². The Hall–Kier alpha value is -2.12. The molecule has 2 aromatic carbocycles. The van der Waals surface area contributed by atoms with Gasteiger partial charge in [-0.3, -0.25) is 9.59 Å². The maximum atomic E-state index is 14.6. The number of hydrogen-bond acceptors (Lipinski definition) is 4. The first kappa shape index (κ1) is 35.2. The minimum Gasteiger partial charge on any atom is -1.00 e. The van der Waals surface area contributed by atoms with Gasteiger partial charge in [-0.2, -0.15) is 0 Å². The Morgan fingerprint density at radius 3 is 1.70 bits per heavy atom. The van der Waals surface area contributed by atoms with Gasteiger partial charge >= 0.3 is 11.9 Å². The molecule has 2 aromatic rings. The maximum Gasteiger partial charge on any atom is 0.321 e. The fourth-order valence-corrected chi connectivity index (χ4v) is 10.5. The van der Waals surface area contributed by atoms with Gasteiger partial charge in [0, 0.05) is 51.4 Å². The molecular formula is C38H52Cl2N2O4. The minimum atomic E-state index is -0.932. The van der Waals surface area contributed by atoms with Gasteiger partial charge in [-0.15, -0.1) is 0 Å². The quantitative estimate of drug-likeness (QED) is 0.314. The number of esters is 2. The predicted octanol–water partition coefficient (Wildman–Crippen LogP) is 0.264. The van der Waals surface area contributed by atoms with Gasteiger partial charge in [0.1, 0.15) is 17.6 Å². The summed E-state index contributed by atoms with van der Waals surface area (Å²) in [6, 6.07) is 20.5. The molecule has 8 heteroatoms. The molecule has 0 saturated carbocycles. The van der Waals surface area contributed by atoms with E-state index in [-0.39, 0.29) is 54.9 Å². The molecule has 7 rings (SSSR count). The lowest BCUT2D eigenvalue weighted by atomic mass is 9.63. The molecule has 4 heterocycles. The topological polar surface area (TPSA) is 52.6 Å². The van der Waals surface area contributed by atoms with E-state index in [9.17, 15) is 9.59 Å². The SMILES string of the molecule is CC[N+]1(C)[C@@H]2CC[C@H]1CC(OC(=O)C1CCC(C(=O)OC3C[C@H]4CC[C@@H](C3)[N+]4(C)CC)(c3ccccc3)c3ccccc31)C2.[Cl-].[Cl-]. The second-order valence-corrected chi connectivity index (χ2v) is 15.1. The zero-order chi connectivity index (χ0) is 30.7. The summed E-state index contributed by atoms with van der Waals surface area (Å²) in [5, 5.41) is 0. The molecule has 0 amide bonds. The summed E-state index contributed by atoms with van der Waals surface area (Å²) in [7, 11) is 4.78. The smallest absolute Gasteiger partial charge is 0.321 e. The normalized spacial score (nSPS) is 38.9. The van der Waals surface area contributed by atoms with Crippen molar-refractivity contribution in [1.29, 1.82) is 0 Å². The van der Waals surface area contributed by atoms with Crippen LogP contribution in [0, 0.1) is 0 Å². The number of piperidine rings is 2. The Bertz CT molecular complexity index is 1380. The lowest BCUT2D eigenvalue weighted by molar-refractivity contribution is -0.947. The summed E-state index contributed by atoms with van der Waals surface area (Å²) in [5.74, 6) is -0.638. The van der Waals surface area contributed by atoms with E-state index in [0.29, 0.717) is 37.0 Å². The van der Waals surface area contributed by atoms with Gasteiger partial charge in [0.2, 0.25) is 0 Å². The first-order valence-corrected chi connectivity index (χ1v) is 17.5. The van der Waals surface area contributed by atoms with Crippen molar-refractivity contribution in [3.63, 3.8) is 0 Å². The molecule has 10 atom stereocenters. The minimum absolute atomic E-state index is 0. The van der Waals surface area contributed by atoms with Gasteiger partial charge in [0.25, 0.3) is 0 Å². The Balaban J connectivity index is 0.00000208. The summed E-state index contributed by atoms with van der Waals surface area (Å²) < 4.78 is 15.2. The van der Waals surface area contributed by atoms with Gasteiger partial charge in [-0.25, -0.2) is 0 Å². The highest BCUT2D eigenvalue weighted by molar-refractivity contribution is 5.91. The average Bonchev–Trinajstić information content (AvgIpc) is 3.29. The van der Waals surface area contributed by atoms with Crippen LogP contribution in [0.1, 0.15) is 101 Å². The third kappa shape index (κ3) is 5.49. The van der Waals surface area contributed by atoms with Crippen molar-refractivity contribution < 1.29 is 52.8 Å². The van der Waals surface area contributed by atoms with Crippen LogP contribution in [0.2, 0.25) is 0 Å². The third-order valence-electron chi connectivity index (χ3n) is 13.6. The Morgan fingerprint density at radius 2 is 1.17 bits per heavy atom. The van der Waals surface area contributed by atoms with E-state index < -0.39 is 5.41 Å². The summed E-state index contributed by atoms with van der Waals surface area (Å²) in [6.07, 6.45) is 9.75. The molecule has 0 spiro atoms. The van der Waals surface area contributed by atoms with Crippen LogP contribution < -0.4 is 24.8 Å². The van der Waals surface area contributed by atoms with Crippen LogP contribution in [0.25, 0.3) is 0 Å². The van der Waals surface area contributed by atoms with Crippen molar-refractivity contribution in [3.05, 3.63) is 71.3 Å². The largest absolute Gasteiger partial charge is 1.00 e. The number of nitrogens with zero attached hydrogens (tertiary/aromatic N) is 2. The van der Waals surface area contributed by atoms with Crippen molar-refractivity contribution in [2.45, 2.75) is 126 Å². The number of carbonyl (C=O) groups excluding carboxylic acids is 2. The Kier molecular flexibility index (Phi) is 10.3. The zero-order valence-electron chi connectivity index (χ0n) is 28.0. The maximum absolute atomic E-state index is 14.6. The molecule has 6 nitrogen and oxygen atoms in total. The van der Waals surface area contributed by atoms with Gasteiger partial charge < -0.3 is 43.3 Å². The molecule has 0 aromatic heterocycles. The fourth-order valence-electron chi connectivity index (χ4n) is 10.5. The van der Waals surface area contributed by atoms with Crippen LogP contribution in [-0.2, 0) is 24.5 Å². The van der Waals surface area contributed by atoms with E-state index in [2.05, 4.69) is 46.1 Å². The standard InChI is InChI=1S/C38H52N2O4.2ClH/c1-5-39(3)27-16-17-28(39)23-31(22-27)43-36(41)34-20-21-38(26-12-8-7-9-13-26,35-15-11-10-14-33(34)35)37(42)44-32-24-29-18-19-30(25-32)40(29,4)6-2;;/h7-15,27-32,34H,5-6,16-25H2,1-4H3;2*1H/q+2;;/p-2/t27-,28+,29-,30+,31?,32?,34?,38?,39?,40?;;. The van der Waals surface area contributed by atoms with E-state index in [0.717, 1.165) is 64.4 Å². The molecule has 0 radical (unpaired) electrons. The van der Waals surface area contributed by atoms with Gasteiger partial charge in [-0.05, 0) is 43.4 Å². The summed E-state index contributed by atoms with van der Waals surface area (Å²) in [6.45, 7) is 6.86. The molecule has 252 valence electrons. The van der Waals surface area contributed by atoms with Crippen molar-refractivity contribution in [2.24, 2.45) is 0 Å². The molecule has 1 aliphatic carbocycles. The van der Waals surface area contributed by atoms with Crippen LogP contribution in [0.15, 0.2) is 54.6 Å². The highest BCUT2D eigenvalue weighted by Crippen LogP contribution is 2.50. The third-order valence-corrected chi connectivity index (χ3v) is 13.6. The number of ether oxygens (including phenoxy) is 2. The van der Waals surface area contributed by atoms with Gasteiger partial charge in [0.15, 0.2) is 0 Å². The lowest BCUT2D eigenvalue weighted by Crippen LogP contribution is -3.00. The fraction of sp³-hybridized carbons (Fsp3) is 0.632. The number of quaternary nitrogens is 2. The molecule has 5 aliphatic rings. The van der Waals surface area contributed by atoms with Gasteiger partial charge in [0.05, 0.1) is 57.3 Å². The molecule has 6 unspecified atom stereocenters. The van der Waals surface area contributed by atoms with E-state index in [1.165, 1.54) is 25.7 Å². The monoisotopic (exact) mass is 670 g/mol. The molecule has 0 N–H and O–H groups in total. The lowest BCUT2D eigenvalue weighted by Gasteiger charge is -2.47. The predicted molar refractivity (Wildman–Crippen MR) is 171 cm³/mol. The Labute approximate surface area is 288 Å². The first-order valence-electron chi connectivity index (χ1n) is 17.5. The molecule has 46 heavy (non-hydrogen) atoms. The van der Waals surface area contributed by atoms with Gasteiger partial charge in [-0.1, -0.05) is 54.6 Å². The Morgan fingerprint density at radius 1 is 0.696 bits per heavy atom. The summed E-state index contributed by atoms with van der Waals surface area (Å²) in [5.41, 5.74) is 1.86. The van der Waals surface area contributed by atoms with Crippen molar-refractivity contribution in [2.75, 3.05) is 27.2 Å². The number of benzene rings is 2. The van der Waals surface area contributed by atoms with Crippen LogP contribution in [0.3, 0.4) is 0 Å². The molecule has 4 bridgehead atoms. The first-order chi connectivity index (χ1) is 21.2. The number of rotatable bonds is 7. The zero-order valence-corrected chi connectivity index (χ0v) is 29.5. The number of halogens is 2. The molecule has 4 aliphatic heterocycles. The molecular weight excluding hydrogens is 619 g/mol. The highest BCUT2D eigenvalue weighted by atomic mass is 35.5. The van der Waals surface area contributed by atoms with Crippen LogP contribution in [0.4, 0.5) is 0 Å². The second-order valence-electron chi connectivity index (χ2n) is 15.1. The van der Waals surface area contributed by atoms with Crippen molar-refractivity contribution in [1.82, 2.24) is 0 Å². The number of fused-ring (bicyclic) bond motifs is 5. The highest BCUT2D eigenvalue weighted by Gasteiger charge is 2.55. The van der Waals surface area contributed by atoms with E-state index >= 15 is 0 Å². The van der Waals surface area contributed by atoms with Crippen molar-refractivity contribution >= 4 is 11.9 Å².